The van der Waals surface area contributed by atoms with Gasteiger partial charge in [-0.3, -0.25) is 4.79 Å². The van der Waals surface area contributed by atoms with Crippen LogP contribution in [-0.2, 0) is 14.8 Å². The molecule has 1 aliphatic heterocycles. The second kappa shape index (κ2) is 9.30. The molecule has 3 N–H and O–H groups in total. The number of nitrogen functional groups attached to an aromatic ring is 1. The largest absolute Gasteiger partial charge is 0.496 e. The van der Waals surface area contributed by atoms with Crippen LogP contribution in [0.3, 0.4) is 0 Å². The molecule has 1 aromatic heterocycles. The van der Waals surface area contributed by atoms with Gasteiger partial charge in [0.05, 0.1) is 31.1 Å². The van der Waals surface area contributed by atoms with Gasteiger partial charge in [0.25, 0.3) is 0 Å². The van der Waals surface area contributed by atoms with E-state index in [0.717, 1.165) is 24.6 Å². The zero-order valence-corrected chi connectivity index (χ0v) is 18.4. The van der Waals surface area contributed by atoms with Gasteiger partial charge in [-0.15, -0.1) is 0 Å². The van der Waals surface area contributed by atoms with Gasteiger partial charge in [0, 0.05) is 26.4 Å². The number of ether oxygens (including phenoxy) is 2. The molecule has 2 heterocycles. The average molecular weight is 471 g/mol. The number of rotatable bonds is 7. The van der Waals surface area contributed by atoms with Crippen LogP contribution in [-0.4, -0.2) is 74.2 Å². The van der Waals surface area contributed by atoms with Gasteiger partial charge in [-0.25, -0.2) is 22.2 Å². The third-order valence-electron chi connectivity index (χ3n) is 5.17. The molecule has 13 heteroatoms. The van der Waals surface area contributed by atoms with Crippen LogP contribution in [0.1, 0.15) is 22.3 Å². The molecule has 1 fully saturated rings. The minimum absolute atomic E-state index is 0.0746. The number of nitrogens with one attached hydrogen (secondary N) is 1. The monoisotopic (exact) mass is 471 g/mol. The Morgan fingerprint density at radius 1 is 1.31 bits per heavy atom. The minimum atomic E-state index is -3.36. The van der Waals surface area contributed by atoms with Crippen LogP contribution in [0.25, 0.3) is 0 Å². The van der Waals surface area contributed by atoms with Gasteiger partial charge in [-0.05, 0) is 18.6 Å². The topological polar surface area (TPSA) is 137 Å². The summed E-state index contributed by atoms with van der Waals surface area (Å²) in [5, 5.41) is 3.02. The van der Waals surface area contributed by atoms with Crippen molar-refractivity contribution in [3.63, 3.8) is 0 Å². The van der Waals surface area contributed by atoms with E-state index in [4.69, 9.17) is 15.2 Å². The van der Waals surface area contributed by atoms with Crippen molar-refractivity contribution >= 4 is 27.6 Å². The van der Waals surface area contributed by atoms with Crippen molar-refractivity contribution in [2.45, 2.75) is 18.6 Å². The summed E-state index contributed by atoms with van der Waals surface area (Å²) in [6.07, 6.45) is 2.17. The standard InChI is InChI=1S/C19H23F2N5O5S/c1-30-13-5-4-11(20)16(21)15(13)17(27)10-8-23-19(25-18(10)22)24-12-6-7-26(32(3,28)29)9-14(12)31-2/h4-5,8,12,14H,6-7,9H2,1-3H3,(H3,22,23,24,25)/t12-,14-/m1/s1. The highest BCUT2D eigenvalue weighted by molar-refractivity contribution is 7.88. The molecule has 1 saturated heterocycles. The van der Waals surface area contributed by atoms with Crippen LogP contribution in [0, 0.1) is 11.6 Å². The number of methoxy groups -OCH3 is 2. The highest BCUT2D eigenvalue weighted by Gasteiger charge is 2.34. The van der Waals surface area contributed by atoms with E-state index in [1.54, 1.807) is 0 Å². The Balaban J connectivity index is 1.82. The molecule has 0 bridgehead atoms. The summed E-state index contributed by atoms with van der Waals surface area (Å²) < 4.78 is 63.2. The molecule has 2 aromatic rings. The van der Waals surface area contributed by atoms with Gasteiger partial charge >= 0.3 is 0 Å². The molecule has 2 atom stereocenters. The number of halogens is 2. The number of piperidine rings is 1. The lowest BCUT2D eigenvalue weighted by atomic mass is 10.0. The molecule has 1 aliphatic rings. The SMILES string of the molecule is COc1ccc(F)c(F)c1C(=O)c1cnc(N[C@@H]2CCN(S(C)(=O)=O)C[C@H]2OC)nc1N. The molecule has 0 saturated carbocycles. The third-order valence-corrected chi connectivity index (χ3v) is 6.44. The molecule has 0 amide bonds. The van der Waals surface area contributed by atoms with Crippen LogP contribution in [0.15, 0.2) is 18.3 Å². The number of sulfonamides is 1. The van der Waals surface area contributed by atoms with Crippen LogP contribution in [0.4, 0.5) is 20.5 Å². The number of carbonyl (C=O) groups is 1. The number of hydrogen-bond donors (Lipinski definition) is 2. The fourth-order valence-corrected chi connectivity index (χ4v) is 4.30. The average Bonchev–Trinajstić information content (AvgIpc) is 2.74. The van der Waals surface area contributed by atoms with Gasteiger partial charge in [-0.2, -0.15) is 9.29 Å². The van der Waals surface area contributed by atoms with Crippen LogP contribution >= 0.6 is 0 Å². The van der Waals surface area contributed by atoms with Crippen molar-refractivity contribution in [3.05, 3.63) is 41.1 Å². The first-order valence-electron chi connectivity index (χ1n) is 9.50. The van der Waals surface area contributed by atoms with Crippen molar-refractivity contribution in [1.29, 1.82) is 0 Å². The number of anilines is 2. The van der Waals surface area contributed by atoms with E-state index in [-0.39, 0.29) is 42.2 Å². The smallest absolute Gasteiger partial charge is 0.224 e. The maximum Gasteiger partial charge on any atom is 0.224 e. The molecular weight excluding hydrogens is 448 g/mol. The minimum Gasteiger partial charge on any atom is -0.496 e. The first-order valence-corrected chi connectivity index (χ1v) is 11.3. The van der Waals surface area contributed by atoms with E-state index in [2.05, 4.69) is 15.3 Å². The summed E-state index contributed by atoms with van der Waals surface area (Å²) in [5.41, 5.74) is 5.06. The molecule has 3 rings (SSSR count). The number of hydrogen-bond acceptors (Lipinski definition) is 9. The molecule has 174 valence electrons. The van der Waals surface area contributed by atoms with Crippen molar-refractivity contribution in [1.82, 2.24) is 14.3 Å². The van der Waals surface area contributed by atoms with Crippen molar-refractivity contribution in [2.75, 3.05) is 44.6 Å². The summed E-state index contributed by atoms with van der Waals surface area (Å²) in [5.74, 6) is -3.84. The van der Waals surface area contributed by atoms with Crippen LogP contribution in [0.2, 0.25) is 0 Å². The third kappa shape index (κ3) is 4.79. The Labute approximate surface area is 183 Å². The predicted molar refractivity (Wildman–Crippen MR) is 112 cm³/mol. The second-order valence-corrected chi connectivity index (χ2v) is 9.18. The van der Waals surface area contributed by atoms with Crippen LogP contribution < -0.4 is 15.8 Å². The van der Waals surface area contributed by atoms with E-state index in [9.17, 15) is 22.0 Å². The van der Waals surface area contributed by atoms with Crippen molar-refractivity contribution in [2.24, 2.45) is 0 Å². The summed E-state index contributed by atoms with van der Waals surface area (Å²) in [4.78, 5) is 20.9. The molecule has 0 unspecified atom stereocenters. The van der Waals surface area contributed by atoms with E-state index in [1.165, 1.54) is 18.5 Å². The fourth-order valence-electron chi connectivity index (χ4n) is 3.45. The molecule has 0 radical (unpaired) electrons. The maximum atomic E-state index is 14.3. The highest BCUT2D eigenvalue weighted by Crippen LogP contribution is 2.28. The van der Waals surface area contributed by atoms with Gasteiger partial charge in [0.15, 0.2) is 11.6 Å². The van der Waals surface area contributed by atoms with E-state index < -0.39 is 39.1 Å². The lowest BCUT2D eigenvalue weighted by Crippen LogP contribution is -2.52. The van der Waals surface area contributed by atoms with Crippen molar-refractivity contribution < 1.29 is 31.5 Å². The van der Waals surface area contributed by atoms with Crippen LogP contribution in [0.5, 0.6) is 5.75 Å². The number of benzene rings is 1. The highest BCUT2D eigenvalue weighted by atomic mass is 32.2. The van der Waals surface area contributed by atoms with Gasteiger partial charge in [0.2, 0.25) is 21.8 Å². The Hall–Kier alpha value is -2.90. The van der Waals surface area contributed by atoms with E-state index in [1.807, 2.05) is 0 Å². The Morgan fingerprint density at radius 2 is 2.03 bits per heavy atom. The molecule has 0 spiro atoms. The summed E-state index contributed by atoms with van der Waals surface area (Å²) in [7, 11) is -0.675. The molecule has 10 nitrogen and oxygen atoms in total. The summed E-state index contributed by atoms with van der Waals surface area (Å²) in [6.45, 7) is 0.429. The Kier molecular flexibility index (Phi) is 6.91. The van der Waals surface area contributed by atoms with Gasteiger partial charge in [0.1, 0.15) is 17.1 Å². The van der Waals surface area contributed by atoms with Gasteiger partial charge < -0.3 is 20.5 Å². The summed E-state index contributed by atoms with van der Waals surface area (Å²) >= 11 is 0. The summed E-state index contributed by atoms with van der Waals surface area (Å²) in [6, 6.07) is 1.66. The lowest BCUT2D eigenvalue weighted by Gasteiger charge is -2.36. The molecule has 32 heavy (non-hydrogen) atoms. The quantitative estimate of drug-likeness (QED) is 0.568. The first-order chi connectivity index (χ1) is 15.1. The zero-order chi connectivity index (χ0) is 23.6. The maximum absolute atomic E-state index is 14.3. The fraction of sp³-hybridized carbons (Fsp3) is 0.421. The van der Waals surface area contributed by atoms with E-state index >= 15 is 0 Å². The zero-order valence-electron chi connectivity index (χ0n) is 17.6. The molecular formula is C19H23F2N5O5S. The number of aromatic nitrogens is 2. The predicted octanol–water partition coefficient (Wildman–Crippen LogP) is 1.04. The van der Waals surface area contributed by atoms with Crippen molar-refractivity contribution in [3.8, 4) is 5.75 Å². The number of nitrogens with zero attached hydrogens (tertiary/aromatic N) is 3. The molecule has 0 aliphatic carbocycles. The normalized spacial score (nSPS) is 19.5. The second-order valence-electron chi connectivity index (χ2n) is 7.19. The van der Waals surface area contributed by atoms with E-state index in [0.29, 0.717) is 6.42 Å². The Bertz CT molecular complexity index is 1130. The van der Waals surface area contributed by atoms with Gasteiger partial charge in [-0.1, -0.05) is 0 Å². The molecule has 1 aromatic carbocycles. The Morgan fingerprint density at radius 3 is 2.62 bits per heavy atom. The first kappa shape index (κ1) is 23.8. The lowest BCUT2D eigenvalue weighted by molar-refractivity contribution is 0.0471. The number of nitrogens with two attached hydrogens (primary N) is 1. The number of carbonyl (C=O) groups excluding carboxylic acids is 1. The number of ketones is 1.